The van der Waals surface area contributed by atoms with Gasteiger partial charge in [-0.05, 0) is 12.0 Å². The molecule has 0 N–H and O–H groups in total. The Labute approximate surface area is 104 Å². The van der Waals surface area contributed by atoms with Crippen LogP contribution in [-0.4, -0.2) is 9.78 Å². The molecule has 0 atom stereocenters. The number of hydrogen-bond donors (Lipinski definition) is 0. The van der Waals surface area contributed by atoms with Crippen LogP contribution >= 0.6 is 0 Å². The molecule has 0 aliphatic rings. The zero-order valence-corrected chi connectivity index (χ0v) is 11.3. The fourth-order valence-electron chi connectivity index (χ4n) is 1.84. The number of rotatable bonds is 3. The predicted molar refractivity (Wildman–Crippen MR) is 75.4 cm³/mol. The van der Waals surface area contributed by atoms with Crippen molar-refractivity contribution in [2.24, 2.45) is 0 Å². The molecule has 0 saturated carbocycles. The number of hydrogen-bond acceptors (Lipinski definition) is 1. The van der Waals surface area contributed by atoms with Crippen LogP contribution in [0.1, 0.15) is 39.3 Å². The van der Waals surface area contributed by atoms with E-state index in [-0.39, 0.29) is 0 Å². The molecule has 0 amide bonds. The Hall–Kier alpha value is -1.57. The molecule has 92 valence electrons. The molecule has 0 aliphatic carbocycles. The summed E-state index contributed by atoms with van der Waals surface area (Å²) in [5.74, 6) is 0.459. The largest absolute Gasteiger partial charge is 0.261 e. The second-order valence-electron chi connectivity index (χ2n) is 4.03. The summed E-state index contributed by atoms with van der Waals surface area (Å²) in [6.07, 6.45) is 1.88. The molecule has 0 spiro atoms. The highest BCUT2D eigenvalue weighted by atomic mass is 15.3. The molecule has 0 saturated heterocycles. The molecule has 2 rings (SSSR count). The number of fused-ring (bicyclic) bond motifs is 1. The first-order valence-corrected chi connectivity index (χ1v) is 6.30. The molecule has 0 aliphatic heterocycles. The summed E-state index contributed by atoms with van der Waals surface area (Å²) in [6.45, 7) is 12.9. The second kappa shape index (κ2) is 6.24. The monoisotopic (exact) mass is 230 g/mol. The average molecular weight is 230 g/mol. The van der Waals surface area contributed by atoms with Gasteiger partial charge in [-0.2, -0.15) is 5.10 Å². The maximum atomic E-state index is 4.62. The lowest BCUT2D eigenvalue weighted by molar-refractivity contribution is 0.687. The maximum Gasteiger partial charge on any atom is 0.0728 e. The molecular formula is C15H22N2. The normalized spacial score (nSPS) is 10.2. The van der Waals surface area contributed by atoms with Crippen LogP contribution in [-0.2, 0) is 6.54 Å². The maximum absolute atomic E-state index is 4.62. The highest BCUT2D eigenvalue weighted by Gasteiger charge is 2.11. The first kappa shape index (κ1) is 13.5. The van der Waals surface area contributed by atoms with Crippen molar-refractivity contribution in [3.8, 4) is 0 Å². The fourth-order valence-corrected chi connectivity index (χ4v) is 1.84. The lowest BCUT2D eigenvalue weighted by atomic mass is 10.1. The highest BCUT2D eigenvalue weighted by Crippen LogP contribution is 2.24. The smallest absolute Gasteiger partial charge is 0.0728 e. The zero-order valence-electron chi connectivity index (χ0n) is 11.3. The summed E-state index contributed by atoms with van der Waals surface area (Å²) in [6, 6.07) is 8.36. The van der Waals surface area contributed by atoms with Crippen molar-refractivity contribution in [3.05, 3.63) is 42.6 Å². The van der Waals surface area contributed by atoms with Gasteiger partial charge in [0.2, 0.25) is 0 Å². The van der Waals surface area contributed by atoms with Gasteiger partial charge in [0.25, 0.3) is 0 Å². The summed E-state index contributed by atoms with van der Waals surface area (Å²) in [7, 11) is 0. The van der Waals surface area contributed by atoms with Crippen molar-refractivity contribution in [1.29, 1.82) is 0 Å². The van der Waals surface area contributed by atoms with Gasteiger partial charge in [0.15, 0.2) is 0 Å². The van der Waals surface area contributed by atoms with Gasteiger partial charge in [-0.3, -0.25) is 4.68 Å². The summed E-state index contributed by atoms with van der Waals surface area (Å²) < 4.78 is 2.01. The molecular weight excluding hydrogens is 208 g/mol. The Balaban J connectivity index is 0.000000686. The zero-order chi connectivity index (χ0) is 12.8. The van der Waals surface area contributed by atoms with E-state index in [1.54, 1.807) is 0 Å². The molecule has 0 unspecified atom stereocenters. The van der Waals surface area contributed by atoms with Crippen LogP contribution < -0.4 is 0 Å². The van der Waals surface area contributed by atoms with E-state index in [4.69, 9.17) is 0 Å². The van der Waals surface area contributed by atoms with Crippen LogP contribution in [0, 0.1) is 0 Å². The van der Waals surface area contributed by atoms with Crippen LogP contribution in [0.2, 0.25) is 0 Å². The molecule has 2 heteroatoms. The summed E-state index contributed by atoms with van der Waals surface area (Å²) in [5, 5.41) is 5.88. The number of para-hydroxylation sites is 1. The number of aromatic nitrogens is 2. The summed E-state index contributed by atoms with van der Waals surface area (Å²) in [4.78, 5) is 0. The van der Waals surface area contributed by atoms with E-state index >= 15 is 0 Å². The quantitative estimate of drug-likeness (QED) is 0.716. The molecule has 1 heterocycles. The summed E-state index contributed by atoms with van der Waals surface area (Å²) >= 11 is 0. The van der Waals surface area contributed by atoms with E-state index in [9.17, 15) is 0 Å². The standard InChI is InChI=1S/C13H16N2.C2H6/c1-4-9-15-12-8-6-5-7-11(12)13(14-15)10(2)3;1-2/h4-8,10H,1,9H2,2-3H3;1-2H3. The Morgan fingerprint density at radius 3 is 2.53 bits per heavy atom. The van der Waals surface area contributed by atoms with Crippen molar-refractivity contribution in [2.75, 3.05) is 0 Å². The minimum Gasteiger partial charge on any atom is -0.261 e. The lowest BCUT2D eigenvalue weighted by Crippen LogP contribution is -1.98. The van der Waals surface area contributed by atoms with E-state index in [0.29, 0.717) is 5.92 Å². The van der Waals surface area contributed by atoms with E-state index in [1.165, 1.54) is 16.6 Å². The number of nitrogens with zero attached hydrogens (tertiary/aromatic N) is 2. The van der Waals surface area contributed by atoms with Crippen LogP contribution in [0.5, 0.6) is 0 Å². The first-order valence-electron chi connectivity index (χ1n) is 6.30. The van der Waals surface area contributed by atoms with Crippen LogP contribution in [0.15, 0.2) is 36.9 Å². The van der Waals surface area contributed by atoms with Crippen LogP contribution in [0.3, 0.4) is 0 Å². The van der Waals surface area contributed by atoms with Gasteiger partial charge in [-0.15, -0.1) is 6.58 Å². The molecule has 0 fully saturated rings. The van der Waals surface area contributed by atoms with Crippen molar-refractivity contribution in [3.63, 3.8) is 0 Å². The topological polar surface area (TPSA) is 17.8 Å². The third kappa shape index (κ3) is 2.76. The fraction of sp³-hybridized carbons (Fsp3) is 0.400. The first-order chi connectivity index (χ1) is 8.24. The molecule has 17 heavy (non-hydrogen) atoms. The Bertz CT molecular complexity index is 481. The number of allylic oxidation sites excluding steroid dienone is 1. The molecule has 2 aromatic rings. The van der Waals surface area contributed by atoms with E-state index < -0.39 is 0 Å². The molecule has 0 bridgehead atoms. The van der Waals surface area contributed by atoms with Gasteiger partial charge >= 0.3 is 0 Å². The third-order valence-electron chi connectivity index (χ3n) is 2.54. The van der Waals surface area contributed by atoms with Gasteiger partial charge in [-0.1, -0.05) is 52.0 Å². The van der Waals surface area contributed by atoms with Crippen LogP contribution in [0.4, 0.5) is 0 Å². The van der Waals surface area contributed by atoms with Crippen molar-refractivity contribution in [2.45, 2.75) is 40.2 Å². The van der Waals surface area contributed by atoms with Gasteiger partial charge in [0, 0.05) is 5.39 Å². The van der Waals surface area contributed by atoms with Crippen molar-refractivity contribution >= 4 is 10.9 Å². The van der Waals surface area contributed by atoms with Gasteiger partial charge < -0.3 is 0 Å². The molecule has 0 radical (unpaired) electrons. The predicted octanol–water partition coefficient (Wildman–Crippen LogP) is 4.37. The summed E-state index contributed by atoms with van der Waals surface area (Å²) in [5.41, 5.74) is 2.37. The van der Waals surface area contributed by atoms with E-state index in [2.05, 4.69) is 43.7 Å². The average Bonchev–Trinajstić information content (AvgIpc) is 2.72. The van der Waals surface area contributed by atoms with Gasteiger partial charge in [0.05, 0.1) is 17.8 Å². The molecule has 1 aromatic carbocycles. The minimum absolute atomic E-state index is 0.459. The minimum atomic E-state index is 0.459. The Morgan fingerprint density at radius 2 is 1.94 bits per heavy atom. The van der Waals surface area contributed by atoms with Gasteiger partial charge in [0.1, 0.15) is 0 Å². The van der Waals surface area contributed by atoms with Gasteiger partial charge in [-0.25, -0.2) is 0 Å². The Kier molecular flexibility index (Phi) is 4.95. The highest BCUT2D eigenvalue weighted by molar-refractivity contribution is 5.82. The lowest BCUT2D eigenvalue weighted by Gasteiger charge is -1.98. The SMILES string of the molecule is C=CCn1nc(C(C)C)c2ccccc21.CC. The second-order valence-corrected chi connectivity index (χ2v) is 4.03. The molecule has 1 aromatic heterocycles. The molecule has 2 nitrogen and oxygen atoms in total. The third-order valence-corrected chi connectivity index (χ3v) is 2.54. The van der Waals surface area contributed by atoms with Crippen LogP contribution in [0.25, 0.3) is 10.9 Å². The van der Waals surface area contributed by atoms with Crippen molar-refractivity contribution in [1.82, 2.24) is 9.78 Å². The Morgan fingerprint density at radius 1 is 1.29 bits per heavy atom. The van der Waals surface area contributed by atoms with E-state index in [0.717, 1.165) is 6.54 Å². The van der Waals surface area contributed by atoms with E-state index in [1.807, 2.05) is 30.7 Å². The van der Waals surface area contributed by atoms with Crippen molar-refractivity contribution < 1.29 is 0 Å². The number of benzene rings is 1.